The third kappa shape index (κ3) is 5.48. The van der Waals surface area contributed by atoms with Crippen LogP contribution in [0, 0.1) is 0 Å². The van der Waals surface area contributed by atoms with Gasteiger partial charge in [-0.1, -0.05) is 6.07 Å². The molecule has 0 aliphatic rings. The second-order valence-corrected chi connectivity index (χ2v) is 4.50. The first kappa shape index (κ1) is 18.2. The number of ether oxygens (including phenoxy) is 1. The highest BCUT2D eigenvalue weighted by Crippen LogP contribution is 2.09. The molecular formula is C15H21ClN4O2. The molecule has 22 heavy (non-hydrogen) atoms. The smallest absolute Gasteiger partial charge is 0.251 e. The normalized spacial score (nSPS) is 10.0. The number of halogens is 1. The Bertz CT molecular complexity index is 560. The third-order valence-corrected chi connectivity index (χ3v) is 2.95. The minimum Gasteiger partial charge on any atom is -0.383 e. The maximum absolute atomic E-state index is 12.1. The number of carbonyl (C=O) groups excluding carboxylic acids is 1. The second-order valence-electron chi connectivity index (χ2n) is 4.50. The van der Waals surface area contributed by atoms with E-state index < -0.39 is 0 Å². The maximum atomic E-state index is 12.1. The molecule has 2 rings (SSSR count). The monoisotopic (exact) mass is 324 g/mol. The van der Waals surface area contributed by atoms with Gasteiger partial charge in [0.05, 0.1) is 12.3 Å². The summed E-state index contributed by atoms with van der Waals surface area (Å²) in [6, 6.07) is 9.22. The molecule has 1 aromatic carbocycles. The van der Waals surface area contributed by atoms with Crippen LogP contribution in [0.2, 0.25) is 0 Å². The van der Waals surface area contributed by atoms with Gasteiger partial charge in [-0.2, -0.15) is 5.10 Å². The highest BCUT2D eigenvalue weighted by Gasteiger charge is 2.06. The van der Waals surface area contributed by atoms with Gasteiger partial charge in [0.25, 0.3) is 5.91 Å². The lowest BCUT2D eigenvalue weighted by Gasteiger charge is -2.08. The van der Waals surface area contributed by atoms with Gasteiger partial charge in [-0.15, -0.1) is 12.4 Å². The SMILES string of the molecule is COCCNCCNC(=O)c1cccc(-n2cccn2)c1.Cl. The number of methoxy groups -OCH3 is 1. The van der Waals surface area contributed by atoms with Crippen LogP contribution in [0.5, 0.6) is 0 Å². The van der Waals surface area contributed by atoms with Crippen molar-refractivity contribution < 1.29 is 9.53 Å². The summed E-state index contributed by atoms with van der Waals surface area (Å²) in [5.74, 6) is -0.0856. The molecule has 0 aliphatic heterocycles. The first-order chi connectivity index (χ1) is 10.3. The van der Waals surface area contributed by atoms with E-state index >= 15 is 0 Å². The van der Waals surface area contributed by atoms with Gasteiger partial charge in [0.2, 0.25) is 0 Å². The fraction of sp³-hybridized carbons (Fsp3) is 0.333. The summed E-state index contributed by atoms with van der Waals surface area (Å²) in [7, 11) is 1.66. The standard InChI is InChI=1S/C15H20N4O2.ClH/c1-21-11-9-16-7-8-17-15(20)13-4-2-5-14(12-13)19-10-3-6-18-19;/h2-6,10,12,16H,7-9,11H2,1H3,(H,17,20);1H. The lowest BCUT2D eigenvalue weighted by Crippen LogP contribution is -2.33. The van der Waals surface area contributed by atoms with E-state index in [2.05, 4.69) is 15.7 Å². The number of nitrogens with one attached hydrogen (secondary N) is 2. The molecule has 7 heteroatoms. The van der Waals surface area contributed by atoms with Crippen molar-refractivity contribution in [3.8, 4) is 5.69 Å². The number of aromatic nitrogens is 2. The zero-order chi connectivity index (χ0) is 14.9. The van der Waals surface area contributed by atoms with Gasteiger partial charge in [0.15, 0.2) is 0 Å². The Labute approximate surface area is 136 Å². The first-order valence-corrected chi connectivity index (χ1v) is 6.89. The fourth-order valence-corrected chi connectivity index (χ4v) is 1.88. The number of benzene rings is 1. The molecule has 1 amide bonds. The van der Waals surface area contributed by atoms with Crippen LogP contribution in [0.25, 0.3) is 5.69 Å². The summed E-state index contributed by atoms with van der Waals surface area (Å²) in [5, 5.41) is 10.2. The van der Waals surface area contributed by atoms with Crippen LogP contribution in [0.3, 0.4) is 0 Å². The Morgan fingerprint density at radius 2 is 2.14 bits per heavy atom. The van der Waals surface area contributed by atoms with Crippen molar-refractivity contribution in [3.05, 3.63) is 48.3 Å². The predicted octanol–water partition coefficient (Wildman–Crippen LogP) is 1.26. The van der Waals surface area contributed by atoms with Gasteiger partial charge in [0, 0.05) is 44.7 Å². The third-order valence-electron chi connectivity index (χ3n) is 2.95. The van der Waals surface area contributed by atoms with Crippen LogP contribution >= 0.6 is 12.4 Å². The number of hydrogen-bond donors (Lipinski definition) is 2. The van der Waals surface area contributed by atoms with E-state index in [4.69, 9.17) is 4.74 Å². The molecule has 0 saturated heterocycles. The number of hydrogen-bond acceptors (Lipinski definition) is 4. The summed E-state index contributed by atoms with van der Waals surface area (Å²) >= 11 is 0. The van der Waals surface area contributed by atoms with Crippen molar-refractivity contribution in [2.24, 2.45) is 0 Å². The first-order valence-electron chi connectivity index (χ1n) is 6.89. The second kappa shape index (κ2) is 9.94. The van der Waals surface area contributed by atoms with Crippen LogP contribution in [-0.4, -0.2) is 49.0 Å². The Morgan fingerprint density at radius 3 is 2.86 bits per heavy atom. The molecule has 6 nitrogen and oxygen atoms in total. The summed E-state index contributed by atoms with van der Waals surface area (Å²) in [6.07, 6.45) is 3.55. The molecule has 1 heterocycles. The van der Waals surface area contributed by atoms with E-state index in [1.54, 1.807) is 24.1 Å². The van der Waals surface area contributed by atoms with Crippen LogP contribution in [0.1, 0.15) is 10.4 Å². The van der Waals surface area contributed by atoms with Crippen LogP contribution < -0.4 is 10.6 Å². The summed E-state index contributed by atoms with van der Waals surface area (Å²) in [4.78, 5) is 12.1. The lowest BCUT2D eigenvalue weighted by molar-refractivity contribution is 0.0953. The zero-order valence-corrected chi connectivity index (χ0v) is 13.3. The Balaban J connectivity index is 0.00000242. The van der Waals surface area contributed by atoms with Crippen LogP contribution in [0.15, 0.2) is 42.7 Å². The van der Waals surface area contributed by atoms with Gasteiger partial charge in [-0.25, -0.2) is 4.68 Å². The molecule has 0 spiro atoms. The summed E-state index contributed by atoms with van der Waals surface area (Å²) in [6.45, 7) is 2.74. The van der Waals surface area contributed by atoms with Gasteiger partial charge >= 0.3 is 0 Å². The molecule has 2 N–H and O–H groups in total. The minimum absolute atomic E-state index is 0. The molecule has 0 unspecified atom stereocenters. The van der Waals surface area contributed by atoms with Crippen molar-refractivity contribution in [2.45, 2.75) is 0 Å². The molecule has 0 radical (unpaired) electrons. The van der Waals surface area contributed by atoms with Crippen molar-refractivity contribution in [1.29, 1.82) is 0 Å². The minimum atomic E-state index is -0.0856. The van der Waals surface area contributed by atoms with E-state index in [-0.39, 0.29) is 18.3 Å². The Hall–Kier alpha value is -1.89. The van der Waals surface area contributed by atoms with Crippen molar-refractivity contribution in [3.63, 3.8) is 0 Å². The maximum Gasteiger partial charge on any atom is 0.251 e. The average molecular weight is 325 g/mol. The van der Waals surface area contributed by atoms with Gasteiger partial charge in [-0.05, 0) is 24.3 Å². The van der Waals surface area contributed by atoms with E-state index in [0.717, 1.165) is 12.2 Å². The molecule has 2 aromatic rings. The number of nitrogens with zero attached hydrogens (tertiary/aromatic N) is 2. The molecule has 0 aliphatic carbocycles. The largest absolute Gasteiger partial charge is 0.383 e. The fourth-order valence-electron chi connectivity index (χ4n) is 1.88. The van der Waals surface area contributed by atoms with Crippen molar-refractivity contribution >= 4 is 18.3 Å². The number of carbonyl (C=O) groups is 1. The summed E-state index contributed by atoms with van der Waals surface area (Å²) in [5.41, 5.74) is 1.49. The van der Waals surface area contributed by atoms with Crippen LogP contribution in [0.4, 0.5) is 0 Å². The van der Waals surface area contributed by atoms with E-state index in [1.807, 2.05) is 30.5 Å². The Kier molecular flexibility index (Phi) is 8.21. The van der Waals surface area contributed by atoms with Gasteiger partial charge in [0.1, 0.15) is 0 Å². The topological polar surface area (TPSA) is 68.2 Å². The van der Waals surface area contributed by atoms with E-state index in [9.17, 15) is 4.79 Å². The number of rotatable bonds is 8. The average Bonchev–Trinajstić information content (AvgIpc) is 3.05. The predicted molar refractivity (Wildman–Crippen MR) is 87.9 cm³/mol. The van der Waals surface area contributed by atoms with Gasteiger partial charge in [-0.3, -0.25) is 4.79 Å². The zero-order valence-electron chi connectivity index (χ0n) is 12.5. The van der Waals surface area contributed by atoms with Crippen molar-refractivity contribution in [1.82, 2.24) is 20.4 Å². The molecule has 0 fully saturated rings. The Morgan fingerprint density at radius 1 is 1.27 bits per heavy atom. The molecular weight excluding hydrogens is 304 g/mol. The molecule has 0 atom stereocenters. The van der Waals surface area contributed by atoms with Crippen molar-refractivity contribution in [2.75, 3.05) is 33.4 Å². The number of amides is 1. The molecule has 1 aromatic heterocycles. The molecule has 120 valence electrons. The highest BCUT2D eigenvalue weighted by molar-refractivity contribution is 5.94. The highest BCUT2D eigenvalue weighted by atomic mass is 35.5. The molecule has 0 bridgehead atoms. The van der Waals surface area contributed by atoms with E-state index in [1.165, 1.54) is 0 Å². The van der Waals surface area contributed by atoms with Gasteiger partial charge < -0.3 is 15.4 Å². The van der Waals surface area contributed by atoms with Crippen LogP contribution in [-0.2, 0) is 4.74 Å². The summed E-state index contributed by atoms with van der Waals surface area (Å²) < 4.78 is 6.65. The molecule has 0 saturated carbocycles. The quantitative estimate of drug-likeness (QED) is 0.717. The lowest BCUT2D eigenvalue weighted by atomic mass is 10.2. The van der Waals surface area contributed by atoms with E-state index in [0.29, 0.717) is 25.3 Å².